The highest BCUT2D eigenvalue weighted by Crippen LogP contribution is 2.28. The number of halogens is 2. The van der Waals surface area contributed by atoms with Crippen LogP contribution in [0.3, 0.4) is 0 Å². The molecule has 0 saturated carbocycles. The quantitative estimate of drug-likeness (QED) is 0.814. The number of hydrogen-bond acceptors (Lipinski definition) is 4. The van der Waals surface area contributed by atoms with Crippen molar-refractivity contribution < 1.29 is 9.53 Å². The zero-order chi connectivity index (χ0) is 17.1. The number of nitrogens with one attached hydrogen (secondary N) is 1. The molecule has 1 amide bonds. The maximum absolute atomic E-state index is 12.3. The predicted octanol–water partition coefficient (Wildman–Crippen LogP) is 3.66. The average molecular weight is 366 g/mol. The van der Waals surface area contributed by atoms with E-state index in [0.717, 1.165) is 18.8 Å². The monoisotopic (exact) mass is 365 g/mol. The molecule has 1 aliphatic rings. The van der Waals surface area contributed by atoms with Crippen molar-refractivity contribution in [1.29, 1.82) is 0 Å². The van der Waals surface area contributed by atoms with E-state index < -0.39 is 0 Å². The molecule has 0 radical (unpaired) electrons. The van der Waals surface area contributed by atoms with E-state index in [4.69, 9.17) is 33.7 Å². The predicted molar refractivity (Wildman–Crippen MR) is 98.3 cm³/mol. The molecule has 2 aromatic rings. The van der Waals surface area contributed by atoms with E-state index >= 15 is 0 Å². The van der Waals surface area contributed by atoms with Crippen molar-refractivity contribution in [2.24, 2.45) is 0 Å². The smallest absolute Gasteiger partial charge is 0.257 e. The summed E-state index contributed by atoms with van der Waals surface area (Å²) in [5, 5.41) is 3.59. The summed E-state index contributed by atoms with van der Waals surface area (Å²) in [5.41, 5.74) is 8.66. The normalized spacial score (nSPS) is 14.5. The van der Waals surface area contributed by atoms with Gasteiger partial charge in [0.05, 0.1) is 35.2 Å². The Balaban J connectivity index is 1.75. The number of ether oxygens (including phenoxy) is 1. The van der Waals surface area contributed by atoms with Crippen LogP contribution in [0.15, 0.2) is 36.4 Å². The van der Waals surface area contributed by atoms with Crippen LogP contribution in [0.25, 0.3) is 0 Å². The van der Waals surface area contributed by atoms with Crippen LogP contribution in [0.2, 0.25) is 10.0 Å². The van der Waals surface area contributed by atoms with Crippen molar-refractivity contribution >= 4 is 46.2 Å². The average Bonchev–Trinajstić information content (AvgIpc) is 2.55. The third-order valence-corrected chi connectivity index (χ3v) is 4.36. The number of amides is 1. The van der Waals surface area contributed by atoms with Gasteiger partial charge in [0.2, 0.25) is 0 Å². The molecular formula is C17H17Cl2N3O2. The van der Waals surface area contributed by atoms with Crippen LogP contribution in [0.4, 0.5) is 17.1 Å². The Morgan fingerprint density at radius 1 is 1.12 bits per heavy atom. The molecule has 126 valence electrons. The fourth-order valence-corrected chi connectivity index (χ4v) is 3.09. The third-order valence-electron chi connectivity index (χ3n) is 3.81. The summed E-state index contributed by atoms with van der Waals surface area (Å²) >= 11 is 11.9. The number of rotatable bonds is 3. The van der Waals surface area contributed by atoms with Crippen LogP contribution < -0.4 is 16.0 Å². The molecule has 0 atom stereocenters. The maximum atomic E-state index is 12.3. The number of nitrogens with two attached hydrogens (primary N) is 1. The van der Waals surface area contributed by atoms with Gasteiger partial charge in [-0.1, -0.05) is 23.2 Å². The maximum Gasteiger partial charge on any atom is 0.257 e. The molecule has 0 unspecified atom stereocenters. The molecule has 1 saturated heterocycles. The molecule has 1 heterocycles. The largest absolute Gasteiger partial charge is 0.397 e. The first-order valence-electron chi connectivity index (χ1n) is 7.53. The Morgan fingerprint density at radius 3 is 2.54 bits per heavy atom. The molecule has 2 aromatic carbocycles. The zero-order valence-electron chi connectivity index (χ0n) is 12.9. The van der Waals surface area contributed by atoms with Gasteiger partial charge < -0.3 is 20.7 Å². The first-order chi connectivity index (χ1) is 11.5. The van der Waals surface area contributed by atoms with Gasteiger partial charge in [-0.05, 0) is 36.4 Å². The lowest BCUT2D eigenvalue weighted by Crippen LogP contribution is -2.36. The number of nitrogen functional groups attached to an aromatic ring is 1. The van der Waals surface area contributed by atoms with Crippen molar-refractivity contribution in [3.8, 4) is 0 Å². The zero-order valence-corrected chi connectivity index (χ0v) is 14.4. The number of nitrogens with zero attached hydrogens (tertiary/aromatic N) is 1. The van der Waals surface area contributed by atoms with Crippen molar-refractivity contribution in [2.45, 2.75) is 0 Å². The Hall–Kier alpha value is -1.95. The van der Waals surface area contributed by atoms with Gasteiger partial charge in [-0.3, -0.25) is 4.79 Å². The molecule has 1 aliphatic heterocycles. The van der Waals surface area contributed by atoms with Gasteiger partial charge in [0, 0.05) is 23.8 Å². The Kier molecular flexibility index (Phi) is 5.14. The van der Waals surface area contributed by atoms with E-state index in [1.54, 1.807) is 18.2 Å². The third kappa shape index (κ3) is 3.75. The first-order valence-corrected chi connectivity index (χ1v) is 8.29. The second kappa shape index (κ2) is 7.30. The molecule has 0 spiro atoms. The van der Waals surface area contributed by atoms with Crippen molar-refractivity contribution in [3.63, 3.8) is 0 Å². The topological polar surface area (TPSA) is 67.6 Å². The molecule has 5 nitrogen and oxygen atoms in total. The SMILES string of the molecule is Nc1cc(NC(=O)c2ccc(Cl)cc2Cl)ccc1N1CCOCC1. The summed E-state index contributed by atoms with van der Waals surface area (Å²) in [5.74, 6) is -0.310. The van der Waals surface area contributed by atoms with Crippen molar-refractivity contribution in [1.82, 2.24) is 0 Å². The van der Waals surface area contributed by atoms with Crippen molar-refractivity contribution in [2.75, 3.05) is 42.3 Å². The van der Waals surface area contributed by atoms with Crippen LogP contribution in [0, 0.1) is 0 Å². The minimum atomic E-state index is -0.310. The molecular weight excluding hydrogens is 349 g/mol. The Morgan fingerprint density at radius 2 is 1.88 bits per heavy atom. The van der Waals surface area contributed by atoms with E-state index in [0.29, 0.717) is 40.2 Å². The van der Waals surface area contributed by atoms with Crippen LogP contribution in [0.1, 0.15) is 10.4 Å². The fourth-order valence-electron chi connectivity index (χ4n) is 2.60. The van der Waals surface area contributed by atoms with Gasteiger partial charge in [-0.15, -0.1) is 0 Å². The summed E-state index contributed by atoms with van der Waals surface area (Å²) < 4.78 is 5.34. The highest BCUT2D eigenvalue weighted by molar-refractivity contribution is 6.37. The van der Waals surface area contributed by atoms with Gasteiger partial charge in [-0.2, -0.15) is 0 Å². The van der Waals surface area contributed by atoms with E-state index in [-0.39, 0.29) is 5.91 Å². The molecule has 24 heavy (non-hydrogen) atoms. The summed E-state index contributed by atoms with van der Waals surface area (Å²) in [7, 11) is 0. The lowest BCUT2D eigenvalue weighted by atomic mass is 10.2. The van der Waals surface area contributed by atoms with Gasteiger partial charge in [-0.25, -0.2) is 0 Å². The summed E-state index contributed by atoms with van der Waals surface area (Å²) in [6, 6.07) is 10.2. The number of carbonyl (C=O) groups is 1. The van der Waals surface area contributed by atoms with Gasteiger partial charge in [0.15, 0.2) is 0 Å². The molecule has 0 bridgehead atoms. The molecule has 7 heteroatoms. The van der Waals surface area contributed by atoms with Gasteiger partial charge >= 0.3 is 0 Å². The Labute approximate surface area is 150 Å². The summed E-state index contributed by atoms with van der Waals surface area (Å²) in [6.45, 7) is 2.98. The van der Waals surface area contributed by atoms with E-state index in [1.165, 1.54) is 6.07 Å². The number of morpholine rings is 1. The number of hydrogen-bond donors (Lipinski definition) is 2. The van der Waals surface area contributed by atoms with Crippen LogP contribution >= 0.6 is 23.2 Å². The fraction of sp³-hybridized carbons (Fsp3) is 0.235. The summed E-state index contributed by atoms with van der Waals surface area (Å²) in [6.07, 6.45) is 0. The highest BCUT2D eigenvalue weighted by Gasteiger charge is 2.15. The van der Waals surface area contributed by atoms with E-state index in [9.17, 15) is 4.79 Å². The van der Waals surface area contributed by atoms with Crippen LogP contribution in [-0.2, 0) is 4.74 Å². The van der Waals surface area contributed by atoms with Crippen LogP contribution in [0.5, 0.6) is 0 Å². The number of benzene rings is 2. The minimum absolute atomic E-state index is 0.304. The van der Waals surface area contributed by atoms with E-state index in [2.05, 4.69) is 10.2 Å². The van der Waals surface area contributed by atoms with Crippen molar-refractivity contribution in [3.05, 3.63) is 52.0 Å². The molecule has 0 aromatic heterocycles. The number of carbonyl (C=O) groups excluding carboxylic acids is 1. The second-order valence-corrected chi connectivity index (χ2v) is 6.29. The van der Waals surface area contributed by atoms with E-state index in [1.807, 2.05) is 12.1 Å². The molecule has 3 rings (SSSR count). The van der Waals surface area contributed by atoms with Gasteiger partial charge in [0.25, 0.3) is 5.91 Å². The molecule has 3 N–H and O–H groups in total. The van der Waals surface area contributed by atoms with Crippen LogP contribution in [-0.4, -0.2) is 32.2 Å². The lowest BCUT2D eigenvalue weighted by Gasteiger charge is -2.30. The molecule has 0 aliphatic carbocycles. The highest BCUT2D eigenvalue weighted by atomic mass is 35.5. The lowest BCUT2D eigenvalue weighted by molar-refractivity contribution is 0.102. The summed E-state index contributed by atoms with van der Waals surface area (Å²) in [4.78, 5) is 14.5. The standard InChI is InChI=1S/C17H17Cl2N3O2/c18-11-1-3-13(14(19)9-11)17(23)21-12-2-4-16(15(20)10-12)22-5-7-24-8-6-22/h1-4,9-10H,5-8,20H2,(H,21,23). The Bertz CT molecular complexity index is 761. The van der Waals surface area contributed by atoms with Gasteiger partial charge in [0.1, 0.15) is 0 Å². The molecule has 1 fully saturated rings. The second-order valence-electron chi connectivity index (χ2n) is 5.45. The first kappa shape index (κ1) is 16.9. The minimum Gasteiger partial charge on any atom is -0.397 e. The number of anilines is 3.